The maximum Gasteiger partial charge on any atom is 0.263 e. The standard InChI is InChI=1S/C18H22N2OS/c1-13-5-6-17(22-13)18(21)20-9-7-15(8-10-20)16-4-2-3-14(11-16)12-19/h2-6,11,15H,7-10,12,19H2,1H3. The third-order valence-electron chi connectivity index (χ3n) is 4.39. The number of rotatable bonds is 3. The summed E-state index contributed by atoms with van der Waals surface area (Å²) >= 11 is 1.59. The van der Waals surface area contributed by atoms with E-state index in [0.717, 1.165) is 30.8 Å². The van der Waals surface area contributed by atoms with Gasteiger partial charge < -0.3 is 10.6 Å². The highest BCUT2D eigenvalue weighted by Crippen LogP contribution is 2.29. The molecule has 116 valence electrons. The SMILES string of the molecule is Cc1ccc(C(=O)N2CCC(c3cccc(CN)c3)CC2)s1. The van der Waals surface area contributed by atoms with Crippen LogP contribution in [0, 0.1) is 6.92 Å². The average molecular weight is 314 g/mol. The first-order valence-corrected chi connectivity index (χ1v) is 8.63. The van der Waals surface area contributed by atoms with Crippen LogP contribution in [-0.2, 0) is 6.54 Å². The fourth-order valence-corrected chi connectivity index (χ4v) is 3.93. The normalized spacial score (nSPS) is 16.0. The van der Waals surface area contributed by atoms with Gasteiger partial charge in [0, 0.05) is 24.5 Å². The molecule has 4 heteroatoms. The van der Waals surface area contributed by atoms with Gasteiger partial charge in [-0.2, -0.15) is 0 Å². The minimum absolute atomic E-state index is 0.187. The zero-order valence-electron chi connectivity index (χ0n) is 12.9. The molecule has 1 aromatic carbocycles. The van der Waals surface area contributed by atoms with E-state index >= 15 is 0 Å². The van der Waals surface area contributed by atoms with E-state index in [4.69, 9.17) is 5.73 Å². The van der Waals surface area contributed by atoms with Gasteiger partial charge in [0.2, 0.25) is 0 Å². The lowest BCUT2D eigenvalue weighted by molar-refractivity contribution is 0.0718. The molecule has 1 saturated heterocycles. The Labute approximate surface area is 135 Å². The van der Waals surface area contributed by atoms with Crippen LogP contribution in [0.5, 0.6) is 0 Å². The van der Waals surface area contributed by atoms with Gasteiger partial charge in [0.15, 0.2) is 0 Å². The molecule has 1 aliphatic rings. The van der Waals surface area contributed by atoms with Crippen molar-refractivity contribution in [2.24, 2.45) is 5.73 Å². The molecule has 0 radical (unpaired) electrons. The number of nitrogens with two attached hydrogens (primary N) is 1. The monoisotopic (exact) mass is 314 g/mol. The van der Waals surface area contributed by atoms with E-state index < -0.39 is 0 Å². The van der Waals surface area contributed by atoms with Crippen molar-refractivity contribution in [3.63, 3.8) is 0 Å². The summed E-state index contributed by atoms with van der Waals surface area (Å²) in [5.74, 6) is 0.730. The van der Waals surface area contributed by atoms with Crippen molar-refractivity contribution in [3.05, 3.63) is 57.3 Å². The predicted molar refractivity (Wildman–Crippen MR) is 91.3 cm³/mol. The van der Waals surface area contributed by atoms with E-state index in [1.165, 1.54) is 16.0 Å². The molecule has 1 amide bonds. The summed E-state index contributed by atoms with van der Waals surface area (Å²) in [7, 11) is 0. The molecular formula is C18H22N2OS. The second kappa shape index (κ2) is 6.63. The molecule has 0 spiro atoms. The summed E-state index contributed by atoms with van der Waals surface area (Å²) in [4.78, 5) is 16.5. The first-order chi connectivity index (χ1) is 10.7. The van der Waals surface area contributed by atoms with Crippen LogP contribution in [0.4, 0.5) is 0 Å². The second-order valence-corrected chi connectivity index (χ2v) is 7.21. The van der Waals surface area contributed by atoms with E-state index in [2.05, 4.69) is 24.3 Å². The summed E-state index contributed by atoms with van der Waals surface area (Å²) in [6.07, 6.45) is 2.06. The van der Waals surface area contributed by atoms with Crippen molar-refractivity contribution in [2.45, 2.75) is 32.2 Å². The minimum Gasteiger partial charge on any atom is -0.338 e. The van der Waals surface area contributed by atoms with Crippen LogP contribution < -0.4 is 5.73 Å². The first kappa shape index (κ1) is 15.3. The summed E-state index contributed by atoms with van der Waals surface area (Å²) in [5.41, 5.74) is 8.27. The Hall–Kier alpha value is -1.65. The van der Waals surface area contributed by atoms with E-state index in [1.807, 2.05) is 24.0 Å². The molecule has 1 aliphatic heterocycles. The number of hydrogen-bond acceptors (Lipinski definition) is 3. The number of piperidine rings is 1. The maximum absolute atomic E-state index is 12.5. The molecule has 0 aliphatic carbocycles. The number of carbonyl (C=O) groups is 1. The van der Waals surface area contributed by atoms with Gasteiger partial charge in [-0.25, -0.2) is 0 Å². The lowest BCUT2D eigenvalue weighted by Gasteiger charge is -2.32. The number of carbonyl (C=O) groups excluding carboxylic acids is 1. The molecule has 0 bridgehead atoms. The molecule has 2 N–H and O–H groups in total. The zero-order valence-corrected chi connectivity index (χ0v) is 13.7. The van der Waals surface area contributed by atoms with Crippen molar-refractivity contribution in [1.29, 1.82) is 0 Å². The third kappa shape index (κ3) is 3.23. The van der Waals surface area contributed by atoms with Gasteiger partial charge in [-0.15, -0.1) is 11.3 Å². The largest absolute Gasteiger partial charge is 0.338 e. The number of amides is 1. The van der Waals surface area contributed by atoms with Crippen LogP contribution in [0.25, 0.3) is 0 Å². The Balaban J connectivity index is 1.63. The number of hydrogen-bond donors (Lipinski definition) is 1. The lowest BCUT2D eigenvalue weighted by Crippen LogP contribution is -2.37. The average Bonchev–Trinajstić information content (AvgIpc) is 3.01. The highest BCUT2D eigenvalue weighted by Gasteiger charge is 2.25. The fraction of sp³-hybridized carbons (Fsp3) is 0.389. The summed E-state index contributed by atoms with van der Waals surface area (Å²) in [6, 6.07) is 12.5. The lowest BCUT2D eigenvalue weighted by atomic mass is 9.88. The molecule has 1 fully saturated rings. The van der Waals surface area contributed by atoms with E-state index in [9.17, 15) is 4.79 Å². The molecule has 0 saturated carbocycles. The zero-order chi connectivity index (χ0) is 15.5. The second-order valence-electron chi connectivity index (χ2n) is 5.93. The van der Waals surface area contributed by atoms with Crippen LogP contribution in [0.2, 0.25) is 0 Å². The summed E-state index contributed by atoms with van der Waals surface area (Å²) < 4.78 is 0. The Morgan fingerprint density at radius 2 is 2.05 bits per heavy atom. The Kier molecular flexibility index (Phi) is 4.60. The van der Waals surface area contributed by atoms with Gasteiger partial charge in [0.25, 0.3) is 5.91 Å². The number of nitrogens with zero attached hydrogens (tertiary/aromatic N) is 1. The highest BCUT2D eigenvalue weighted by atomic mass is 32.1. The van der Waals surface area contributed by atoms with Crippen molar-refractivity contribution < 1.29 is 4.79 Å². The van der Waals surface area contributed by atoms with E-state index in [-0.39, 0.29) is 5.91 Å². The van der Waals surface area contributed by atoms with Crippen molar-refractivity contribution in [2.75, 3.05) is 13.1 Å². The van der Waals surface area contributed by atoms with Crippen LogP contribution in [0.15, 0.2) is 36.4 Å². The Morgan fingerprint density at radius 3 is 2.68 bits per heavy atom. The molecule has 1 aromatic heterocycles. The molecule has 3 rings (SSSR count). The van der Waals surface area contributed by atoms with Crippen molar-refractivity contribution >= 4 is 17.2 Å². The van der Waals surface area contributed by atoms with Gasteiger partial charge in [0.05, 0.1) is 4.88 Å². The van der Waals surface area contributed by atoms with Crippen LogP contribution in [-0.4, -0.2) is 23.9 Å². The van der Waals surface area contributed by atoms with Crippen molar-refractivity contribution in [1.82, 2.24) is 4.90 Å². The molecule has 2 aromatic rings. The molecule has 2 heterocycles. The molecule has 3 nitrogen and oxygen atoms in total. The predicted octanol–water partition coefficient (Wildman–Crippen LogP) is 3.54. The molecule has 0 atom stereocenters. The van der Waals surface area contributed by atoms with Crippen LogP contribution in [0.3, 0.4) is 0 Å². The van der Waals surface area contributed by atoms with Gasteiger partial charge in [-0.1, -0.05) is 24.3 Å². The van der Waals surface area contributed by atoms with E-state index in [0.29, 0.717) is 12.5 Å². The maximum atomic E-state index is 12.5. The molecule has 22 heavy (non-hydrogen) atoms. The highest BCUT2D eigenvalue weighted by molar-refractivity contribution is 7.13. The summed E-state index contributed by atoms with van der Waals surface area (Å²) in [6.45, 7) is 4.31. The minimum atomic E-state index is 0.187. The van der Waals surface area contributed by atoms with E-state index in [1.54, 1.807) is 11.3 Å². The van der Waals surface area contributed by atoms with Gasteiger partial charge in [-0.05, 0) is 48.9 Å². The van der Waals surface area contributed by atoms with Crippen LogP contribution in [0.1, 0.15) is 44.4 Å². The fourth-order valence-electron chi connectivity index (χ4n) is 3.10. The van der Waals surface area contributed by atoms with Gasteiger partial charge in [-0.3, -0.25) is 4.79 Å². The smallest absolute Gasteiger partial charge is 0.263 e. The number of thiophene rings is 1. The number of likely N-dealkylation sites (tertiary alicyclic amines) is 1. The third-order valence-corrected chi connectivity index (χ3v) is 5.38. The Bertz CT molecular complexity index is 657. The summed E-state index contributed by atoms with van der Waals surface area (Å²) in [5, 5.41) is 0. The topological polar surface area (TPSA) is 46.3 Å². The number of aryl methyl sites for hydroxylation is 1. The quantitative estimate of drug-likeness (QED) is 0.942. The van der Waals surface area contributed by atoms with Crippen LogP contribution >= 0.6 is 11.3 Å². The van der Waals surface area contributed by atoms with Gasteiger partial charge >= 0.3 is 0 Å². The number of benzene rings is 1. The molecule has 0 unspecified atom stereocenters. The van der Waals surface area contributed by atoms with Gasteiger partial charge in [0.1, 0.15) is 0 Å². The molecular weight excluding hydrogens is 292 g/mol. The first-order valence-electron chi connectivity index (χ1n) is 7.82. The Morgan fingerprint density at radius 1 is 1.27 bits per heavy atom. The van der Waals surface area contributed by atoms with Crippen molar-refractivity contribution in [3.8, 4) is 0 Å².